The van der Waals surface area contributed by atoms with Gasteiger partial charge < -0.3 is 29.3 Å². The summed E-state index contributed by atoms with van der Waals surface area (Å²) in [5.74, 6) is 0.478. The molecule has 0 radical (unpaired) electrons. The number of hydrogen-bond acceptors (Lipinski definition) is 6. The molecule has 2 aliphatic rings. The van der Waals surface area contributed by atoms with Crippen molar-refractivity contribution >= 4 is 17.7 Å². The van der Waals surface area contributed by atoms with Gasteiger partial charge in [-0.3, -0.25) is 14.4 Å². The predicted molar refractivity (Wildman–Crippen MR) is 129 cm³/mol. The highest BCUT2D eigenvalue weighted by Gasteiger charge is 2.53. The summed E-state index contributed by atoms with van der Waals surface area (Å²) >= 11 is 0. The van der Waals surface area contributed by atoms with E-state index in [9.17, 15) is 14.4 Å². The number of fused-ring (bicyclic) bond motifs is 1. The van der Waals surface area contributed by atoms with E-state index in [0.717, 1.165) is 29.9 Å². The summed E-state index contributed by atoms with van der Waals surface area (Å²) < 4.78 is 12.1. The van der Waals surface area contributed by atoms with Gasteiger partial charge in [-0.05, 0) is 49.6 Å². The Morgan fingerprint density at radius 3 is 2.64 bits per heavy atom. The highest BCUT2D eigenvalue weighted by Crippen LogP contribution is 2.38. The molecule has 1 saturated carbocycles. The van der Waals surface area contributed by atoms with Crippen LogP contribution in [-0.4, -0.2) is 57.4 Å². The van der Waals surface area contributed by atoms with Gasteiger partial charge in [0, 0.05) is 25.6 Å². The molecule has 10 heteroatoms. The number of benzene rings is 1. The molecule has 0 spiro atoms. The predicted octanol–water partition coefficient (Wildman–Crippen LogP) is 2.15. The van der Waals surface area contributed by atoms with E-state index in [0.29, 0.717) is 19.5 Å². The molecule has 3 heterocycles. The number of methoxy groups -OCH3 is 1. The fourth-order valence-electron chi connectivity index (χ4n) is 4.68. The Morgan fingerprint density at radius 2 is 1.97 bits per heavy atom. The highest BCUT2D eigenvalue weighted by molar-refractivity contribution is 6.07. The first-order chi connectivity index (χ1) is 17.4. The first kappa shape index (κ1) is 23.7. The van der Waals surface area contributed by atoms with Crippen LogP contribution in [0.5, 0.6) is 5.75 Å². The van der Waals surface area contributed by atoms with Crippen LogP contribution in [0.15, 0.2) is 53.4 Å². The second-order valence-electron chi connectivity index (χ2n) is 9.37. The topological polar surface area (TPSA) is 119 Å². The summed E-state index contributed by atoms with van der Waals surface area (Å²) in [7, 11) is 1.60. The van der Waals surface area contributed by atoms with Crippen LogP contribution in [0.1, 0.15) is 52.1 Å². The quantitative estimate of drug-likeness (QED) is 0.474. The average molecular weight is 492 g/mol. The number of furan rings is 1. The zero-order chi connectivity index (χ0) is 25.3. The summed E-state index contributed by atoms with van der Waals surface area (Å²) in [5, 5.41) is 5.80. The monoisotopic (exact) mass is 491 g/mol. The normalized spacial score (nSPS) is 19.1. The van der Waals surface area contributed by atoms with Crippen molar-refractivity contribution in [3.63, 3.8) is 0 Å². The molecule has 36 heavy (non-hydrogen) atoms. The zero-order valence-corrected chi connectivity index (χ0v) is 20.3. The number of aromatic nitrogens is 2. The number of carbonyl (C=O) groups excluding carboxylic acids is 3. The van der Waals surface area contributed by atoms with Crippen LogP contribution in [0.3, 0.4) is 0 Å². The molecular weight excluding hydrogens is 462 g/mol. The summed E-state index contributed by atoms with van der Waals surface area (Å²) in [6, 6.07) is 11.0. The Kier molecular flexibility index (Phi) is 6.26. The minimum atomic E-state index is -1.11. The van der Waals surface area contributed by atoms with Gasteiger partial charge in [0.25, 0.3) is 11.8 Å². The molecule has 0 saturated heterocycles. The standard InChI is InChI=1S/C26H29N5O5/c1-26(25(34)28-14-17-5-9-19(35-2)10-6-17)15-30-16-29-21(22(30)24(33)31(26)18-7-8-18)23(32)27-12-11-20-4-3-13-36-20/h3-6,9-10,13,16,18H,7-8,11-12,14-15H2,1-2H3,(H,27,32)(H,28,34)/t26-/m0/s1. The van der Waals surface area contributed by atoms with Crippen molar-refractivity contribution < 1.29 is 23.5 Å². The van der Waals surface area contributed by atoms with Crippen LogP contribution in [0.2, 0.25) is 0 Å². The Hall–Kier alpha value is -4.08. The molecule has 3 amide bonds. The number of hydrogen-bond donors (Lipinski definition) is 2. The van der Waals surface area contributed by atoms with Crippen LogP contribution < -0.4 is 15.4 Å². The maximum Gasteiger partial charge on any atom is 0.274 e. The maximum absolute atomic E-state index is 13.7. The lowest BCUT2D eigenvalue weighted by molar-refractivity contribution is -0.133. The first-order valence-electron chi connectivity index (χ1n) is 12.0. The largest absolute Gasteiger partial charge is 0.497 e. The fraction of sp³-hybridized carbons (Fsp3) is 0.385. The third-order valence-corrected chi connectivity index (χ3v) is 6.73. The van der Waals surface area contributed by atoms with E-state index in [1.54, 1.807) is 35.8 Å². The number of amides is 3. The Balaban J connectivity index is 1.32. The van der Waals surface area contributed by atoms with Crippen molar-refractivity contribution in [1.82, 2.24) is 25.1 Å². The minimum Gasteiger partial charge on any atom is -0.497 e. The Labute approximate surface area is 208 Å². The lowest BCUT2D eigenvalue weighted by atomic mass is 9.93. The number of nitrogens with zero attached hydrogens (tertiary/aromatic N) is 3. The van der Waals surface area contributed by atoms with Gasteiger partial charge in [-0.15, -0.1) is 0 Å². The Morgan fingerprint density at radius 1 is 1.19 bits per heavy atom. The molecule has 2 aromatic heterocycles. The van der Waals surface area contributed by atoms with Gasteiger partial charge in [0.2, 0.25) is 5.91 Å². The second-order valence-corrected chi connectivity index (χ2v) is 9.37. The number of carbonyl (C=O) groups is 3. The van der Waals surface area contributed by atoms with Crippen LogP contribution >= 0.6 is 0 Å². The number of ether oxygens (including phenoxy) is 1. The van der Waals surface area contributed by atoms with E-state index in [-0.39, 0.29) is 35.8 Å². The number of rotatable bonds is 9. The minimum absolute atomic E-state index is 0.0345. The molecule has 2 N–H and O–H groups in total. The van der Waals surface area contributed by atoms with Crippen molar-refractivity contribution in [2.24, 2.45) is 0 Å². The van der Waals surface area contributed by atoms with E-state index in [4.69, 9.17) is 9.15 Å². The lowest BCUT2D eigenvalue weighted by Gasteiger charge is -2.44. The van der Waals surface area contributed by atoms with Crippen LogP contribution in [0.25, 0.3) is 0 Å². The van der Waals surface area contributed by atoms with Crippen molar-refractivity contribution in [3.05, 3.63) is 71.7 Å². The lowest BCUT2D eigenvalue weighted by Crippen LogP contribution is -2.64. The summed E-state index contributed by atoms with van der Waals surface area (Å²) in [5.41, 5.74) is 0.110. The molecule has 1 aliphatic carbocycles. The average Bonchev–Trinajstić information content (AvgIpc) is 3.38. The van der Waals surface area contributed by atoms with Gasteiger partial charge in [0.05, 0.1) is 26.2 Å². The maximum atomic E-state index is 13.7. The first-order valence-corrected chi connectivity index (χ1v) is 12.0. The summed E-state index contributed by atoms with van der Waals surface area (Å²) in [6.45, 7) is 2.67. The SMILES string of the molecule is COc1ccc(CNC(=O)[C@]2(C)Cn3cnc(C(=O)NCCc4ccco4)c3C(=O)N2C2CC2)cc1. The van der Waals surface area contributed by atoms with Gasteiger partial charge in [-0.25, -0.2) is 4.98 Å². The van der Waals surface area contributed by atoms with E-state index < -0.39 is 11.4 Å². The van der Waals surface area contributed by atoms with Gasteiger partial charge in [0.1, 0.15) is 22.7 Å². The third-order valence-electron chi connectivity index (χ3n) is 6.73. The molecule has 0 bridgehead atoms. The molecule has 1 aromatic carbocycles. The van der Waals surface area contributed by atoms with Crippen molar-refractivity contribution in [2.45, 2.75) is 50.9 Å². The van der Waals surface area contributed by atoms with E-state index >= 15 is 0 Å². The van der Waals surface area contributed by atoms with E-state index in [1.807, 2.05) is 30.3 Å². The van der Waals surface area contributed by atoms with Crippen LogP contribution in [0, 0.1) is 0 Å². The number of nitrogens with one attached hydrogen (secondary N) is 2. The molecule has 3 aromatic rings. The molecule has 10 nitrogen and oxygen atoms in total. The fourth-order valence-corrected chi connectivity index (χ4v) is 4.68. The molecule has 1 aliphatic heterocycles. The van der Waals surface area contributed by atoms with Gasteiger partial charge in [0.15, 0.2) is 5.69 Å². The highest BCUT2D eigenvalue weighted by atomic mass is 16.5. The van der Waals surface area contributed by atoms with Crippen LogP contribution in [-0.2, 0) is 24.3 Å². The Bertz CT molecular complexity index is 1260. The third kappa shape index (κ3) is 4.46. The van der Waals surface area contributed by atoms with Crippen molar-refractivity contribution in [3.8, 4) is 5.75 Å². The molecule has 1 fully saturated rings. The zero-order valence-electron chi connectivity index (χ0n) is 20.3. The van der Waals surface area contributed by atoms with Crippen LogP contribution in [0.4, 0.5) is 0 Å². The van der Waals surface area contributed by atoms with Gasteiger partial charge >= 0.3 is 0 Å². The number of imidazole rings is 1. The van der Waals surface area contributed by atoms with E-state index in [1.165, 1.54) is 6.33 Å². The smallest absolute Gasteiger partial charge is 0.274 e. The molecular formula is C26H29N5O5. The van der Waals surface area contributed by atoms with Gasteiger partial charge in [-0.2, -0.15) is 0 Å². The van der Waals surface area contributed by atoms with E-state index in [2.05, 4.69) is 15.6 Å². The van der Waals surface area contributed by atoms with Gasteiger partial charge in [-0.1, -0.05) is 12.1 Å². The molecule has 5 rings (SSSR count). The molecule has 1 atom stereocenters. The second kappa shape index (κ2) is 9.52. The summed E-state index contributed by atoms with van der Waals surface area (Å²) in [4.78, 5) is 45.9. The van der Waals surface area contributed by atoms with Crippen molar-refractivity contribution in [2.75, 3.05) is 13.7 Å². The summed E-state index contributed by atoms with van der Waals surface area (Å²) in [6.07, 6.45) is 5.23. The van der Waals surface area contributed by atoms with Crippen molar-refractivity contribution in [1.29, 1.82) is 0 Å². The molecule has 0 unspecified atom stereocenters. The molecule has 188 valence electrons.